The zero-order valence-electron chi connectivity index (χ0n) is 11.3. The first-order chi connectivity index (χ1) is 8.03. The Morgan fingerprint density at radius 1 is 1.47 bits per heavy atom. The summed E-state index contributed by atoms with van der Waals surface area (Å²) in [5.74, 6) is 0.211. The predicted octanol–water partition coefficient (Wildman–Crippen LogP) is 3.12. The summed E-state index contributed by atoms with van der Waals surface area (Å²) in [6.45, 7) is 4.22. The van der Waals surface area contributed by atoms with Crippen molar-refractivity contribution < 1.29 is 14.3 Å². The van der Waals surface area contributed by atoms with Crippen molar-refractivity contribution in [1.29, 1.82) is 0 Å². The maximum absolute atomic E-state index is 11.9. The van der Waals surface area contributed by atoms with Crippen LogP contribution in [0.5, 0.6) is 0 Å². The maximum Gasteiger partial charge on any atom is 0.306 e. The van der Waals surface area contributed by atoms with Crippen molar-refractivity contribution >= 4 is 11.8 Å². The Morgan fingerprint density at radius 2 is 2.18 bits per heavy atom. The van der Waals surface area contributed by atoms with Gasteiger partial charge in [0.2, 0.25) is 0 Å². The van der Waals surface area contributed by atoms with Gasteiger partial charge in [0.05, 0.1) is 13.5 Å². The lowest BCUT2D eigenvalue weighted by molar-refractivity contribution is -0.144. The molecule has 1 aliphatic carbocycles. The number of rotatable bonds is 6. The van der Waals surface area contributed by atoms with Gasteiger partial charge in [0.15, 0.2) is 0 Å². The van der Waals surface area contributed by atoms with Gasteiger partial charge in [-0.1, -0.05) is 33.1 Å². The van der Waals surface area contributed by atoms with E-state index in [4.69, 9.17) is 4.74 Å². The molecule has 0 spiro atoms. The van der Waals surface area contributed by atoms with Crippen LogP contribution in [0.15, 0.2) is 0 Å². The fraction of sp³-hybridized carbons (Fsp3) is 0.857. The lowest BCUT2D eigenvalue weighted by atomic mass is 9.74. The fourth-order valence-electron chi connectivity index (χ4n) is 2.87. The standard InChI is InChI=1S/C14H24O3/c1-4-5-6-7-11-12(15)8-9-14(11,2)10-13(16)17-3/h11H,4-10H2,1-3H3. The van der Waals surface area contributed by atoms with Gasteiger partial charge >= 0.3 is 5.97 Å². The van der Waals surface area contributed by atoms with Crippen LogP contribution >= 0.6 is 0 Å². The van der Waals surface area contributed by atoms with Crippen LogP contribution in [0, 0.1) is 11.3 Å². The molecule has 0 saturated heterocycles. The van der Waals surface area contributed by atoms with Crippen LogP contribution in [0.4, 0.5) is 0 Å². The van der Waals surface area contributed by atoms with Crippen LogP contribution in [0.2, 0.25) is 0 Å². The van der Waals surface area contributed by atoms with E-state index in [9.17, 15) is 9.59 Å². The molecule has 1 rings (SSSR count). The molecule has 1 aliphatic rings. The molecule has 0 heterocycles. The minimum absolute atomic E-state index is 0.0631. The summed E-state index contributed by atoms with van der Waals surface area (Å²) >= 11 is 0. The van der Waals surface area contributed by atoms with E-state index in [-0.39, 0.29) is 17.3 Å². The third-order valence-electron chi connectivity index (χ3n) is 4.04. The van der Waals surface area contributed by atoms with E-state index in [0.717, 1.165) is 32.1 Å². The quantitative estimate of drug-likeness (QED) is 0.529. The smallest absolute Gasteiger partial charge is 0.306 e. The number of Topliss-reactive ketones (excluding diaryl/α,β-unsaturated/α-hetero) is 1. The lowest BCUT2D eigenvalue weighted by Gasteiger charge is -2.29. The molecule has 0 amide bonds. The Hall–Kier alpha value is -0.860. The van der Waals surface area contributed by atoms with Crippen LogP contribution < -0.4 is 0 Å². The van der Waals surface area contributed by atoms with Crippen LogP contribution in [-0.4, -0.2) is 18.9 Å². The van der Waals surface area contributed by atoms with E-state index < -0.39 is 0 Å². The number of carbonyl (C=O) groups is 2. The van der Waals surface area contributed by atoms with Gasteiger partial charge in [-0.2, -0.15) is 0 Å². The molecule has 0 aliphatic heterocycles. The first kappa shape index (κ1) is 14.2. The summed E-state index contributed by atoms with van der Waals surface area (Å²) in [6.07, 6.45) is 6.19. The number of hydrogen-bond donors (Lipinski definition) is 0. The van der Waals surface area contributed by atoms with Crippen molar-refractivity contribution in [2.24, 2.45) is 11.3 Å². The molecule has 98 valence electrons. The Kier molecular flexibility index (Phi) is 5.16. The molecule has 2 unspecified atom stereocenters. The van der Waals surface area contributed by atoms with Gasteiger partial charge in [-0.3, -0.25) is 9.59 Å². The highest BCUT2D eigenvalue weighted by atomic mass is 16.5. The normalized spacial score (nSPS) is 28.4. The third kappa shape index (κ3) is 3.55. The van der Waals surface area contributed by atoms with Gasteiger partial charge in [-0.05, 0) is 18.3 Å². The number of esters is 1. The first-order valence-corrected chi connectivity index (χ1v) is 6.63. The van der Waals surface area contributed by atoms with E-state index in [1.54, 1.807) is 0 Å². The second-order valence-electron chi connectivity index (χ2n) is 5.42. The SMILES string of the molecule is CCCCCC1C(=O)CCC1(C)CC(=O)OC. The van der Waals surface area contributed by atoms with Crippen LogP contribution in [0.3, 0.4) is 0 Å². The van der Waals surface area contributed by atoms with E-state index in [0.29, 0.717) is 18.6 Å². The topological polar surface area (TPSA) is 43.4 Å². The van der Waals surface area contributed by atoms with Gasteiger partial charge in [0, 0.05) is 12.3 Å². The van der Waals surface area contributed by atoms with Gasteiger partial charge < -0.3 is 4.74 Å². The van der Waals surface area contributed by atoms with Crippen molar-refractivity contribution in [2.75, 3.05) is 7.11 Å². The second-order valence-corrected chi connectivity index (χ2v) is 5.42. The highest BCUT2D eigenvalue weighted by molar-refractivity contribution is 5.85. The number of carbonyl (C=O) groups excluding carboxylic acids is 2. The predicted molar refractivity (Wildman–Crippen MR) is 66.6 cm³/mol. The molecule has 3 nitrogen and oxygen atoms in total. The summed E-state index contributed by atoms with van der Waals surface area (Å²) in [7, 11) is 1.41. The van der Waals surface area contributed by atoms with Crippen molar-refractivity contribution in [3.05, 3.63) is 0 Å². The minimum Gasteiger partial charge on any atom is -0.469 e. The van der Waals surface area contributed by atoms with Crippen molar-refractivity contribution in [1.82, 2.24) is 0 Å². The van der Waals surface area contributed by atoms with Gasteiger partial charge in [0.25, 0.3) is 0 Å². The number of ether oxygens (including phenoxy) is 1. The molecule has 0 aromatic heterocycles. The summed E-state index contributed by atoms with van der Waals surface area (Å²) in [6, 6.07) is 0. The molecular weight excluding hydrogens is 216 g/mol. The molecule has 17 heavy (non-hydrogen) atoms. The second kappa shape index (κ2) is 6.18. The third-order valence-corrected chi connectivity index (χ3v) is 4.04. The zero-order valence-corrected chi connectivity index (χ0v) is 11.3. The highest BCUT2D eigenvalue weighted by Gasteiger charge is 2.45. The summed E-state index contributed by atoms with van der Waals surface area (Å²) in [4.78, 5) is 23.3. The fourth-order valence-corrected chi connectivity index (χ4v) is 2.87. The van der Waals surface area contributed by atoms with E-state index in [1.165, 1.54) is 7.11 Å². The van der Waals surface area contributed by atoms with Gasteiger partial charge in [-0.15, -0.1) is 0 Å². The number of hydrogen-bond acceptors (Lipinski definition) is 3. The van der Waals surface area contributed by atoms with Gasteiger partial charge in [0.1, 0.15) is 5.78 Å². The minimum atomic E-state index is -0.192. The Balaban J connectivity index is 2.61. The molecule has 1 saturated carbocycles. The summed E-state index contributed by atoms with van der Waals surface area (Å²) < 4.78 is 4.74. The molecule has 0 bridgehead atoms. The monoisotopic (exact) mass is 240 g/mol. The zero-order chi connectivity index (χ0) is 12.9. The molecule has 0 aromatic carbocycles. The average molecular weight is 240 g/mol. The molecule has 2 atom stereocenters. The van der Waals surface area contributed by atoms with Crippen LogP contribution in [-0.2, 0) is 14.3 Å². The van der Waals surface area contributed by atoms with Gasteiger partial charge in [-0.25, -0.2) is 0 Å². The largest absolute Gasteiger partial charge is 0.469 e. The van der Waals surface area contributed by atoms with Crippen molar-refractivity contribution in [3.63, 3.8) is 0 Å². The summed E-state index contributed by atoms with van der Waals surface area (Å²) in [5.41, 5.74) is -0.169. The first-order valence-electron chi connectivity index (χ1n) is 6.63. The molecule has 0 aromatic rings. The lowest BCUT2D eigenvalue weighted by Crippen LogP contribution is -2.29. The van der Waals surface area contributed by atoms with E-state index in [1.807, 2.05) is 0 Å². The summed E-state index contributed by atoms with van der Waals surface area (Å²) in [5, 5.41) is 0. The molecule has 1 fully saturated rings. The van der Waals surface area contributed by atoms with Crippen LogP contribution in [0.1, 0.15) is 58.8 Å². The number of unbranched alkanes of at least 4 members (excludes halogenated alkanes) is 2. The molecule has 0 radical (unpaired) electrons. The Labute approximate surface area is 104 Å². The van der Waals surface area contributed by atoms with Crippen molar-refractivity contribution in [3.8, 4) is 0 Å². The Morgan fingerprint density at radius 3 is 2.76 bits per heavy atom. The Bertz CT molecular complexity index is 285. The van der Waals surface area contributed by atoms with E-state index >= 15 is 0 Å². The maximum atomic E-state index is 11.9. The van der Waals surface area contributed by atoms with Crippen LogP contribution in [0.25, 0.3) is 0 Å². The molecular formula is C14H24O3. The number of ketones is 1. The molecule has 3 heteroatoms. The van der Waals surface area contributed by atoms with E-state index in [2.05, 4.69) is 13.8 Å². The molecule has 0 N–H and O–H groups in total. The number of methoxy groups -OCH3 is 1. The highest BCUT2D eigenvalue weighted by Crippen LogP contribution is 2.46. The van der Waals surface area contributed by atoms with Crippen molar-refractivity contribution in [2.45, 2.75) is 58.8 Å². The average Bonchev–Trinajstić information content (AvgIpc) is 2.57.